The maximum absolute atomic E-state index is 13.1. The number of carbonyl (C=O) groups is 1. The lowest BCUT2D eigenvalue weighted by Crippen LogP contribution is -2.25. The van der Waals surface area contributed by atoms with Gasteiger partial charge < -0.3 is 4.90 Å². The molecule has 122 valence electrons. The zero-order valence-corrected chi connectivity index (χ0v) is 14.3. The highest BCUT2D eigenvalue weighted by molar-refractivity contribution is 6.37. The zero-order chi connectivity index (χ0) is 17.2. The Bertz CT molecular complexity index is 948. The Morgan fingerprint density at radius 2 is 1.56 bits per heavy atom. The summed E-state index contributed by atoms with van der Waals surface area (Å²) in [5.74, 6) is 0.00460. The van der Waals surface area contributed by atoms with Gasteiger partial charge in [-0.1, -0.05) is 72.3 Å². The second kappa shape index (κ2) is 6.58. The molecular weight excluding hydrogens is 330 g/mol. The Balaban J connectivity index is 1.79. The minimum Gasteiger partial charge on any atom is -0.303 e. The van der Waals surface area contributed by atoms with Crippen molar-refractivity contribution in [2.45, 2.75) is 6.54 Å². The number of hydrogen-bond donors (Lipinski definition) is 0. The summed E-state index contributed by atoms with van der Waals surface area (Å²) in [6.45, 7) is 0.542. The zero-order valence-electron chi connectivity index (χ0n) is 13.5. The number of halogens is 1. The fraction of sp³-hybridized carbons (Fsp3) is 0.0455. The van der Waals surface area contributed by atoms with Crippen LogP contribution in [-0.2, 0) is 11.3 Å². The molecule has 3 aromatic carbocycles. The first-order valence-electron chi connectivity index (χ1n) is 8.15. The third-order valence-corrected chi connectivity index (χ3v) is 4.54. The molecule has 0 bridgehead atoms. The number of carbonyl (C=O) groups excluding carboxylic acids is 1. The Hall–Kier alpha value is -2.84. The monoisotopic (exact) mass is 345 g/mol. The van der Waals surface area contributed by atoms with Gasteiger partial charge in [0.1, 0.15) is 0 Å². The lowest BCUT2D eigenvalue weighted by atomic mass is 10.0. The van der Waals surface area contributed by atoms with Crippen LogP contribution in [-0.4, -0.2) is 5.91 Å². The van der Waals surface area contributed by atoms with Crippen LogP contribution in [0.2, 0.25) is 5.02 Å². The summed E-state index contributed by atoms with van der Waals surface area (Å²) < 4.78 is 0. The van der Waals surface area contributed by atoms with Crippen molar-refractivity contribution < 1.29 is 4.79 Å². The van der Waals surface area contributed by atoms with Gasteiger partial charge in [0.05, 0.1) is 12.2 Å². The van der Waals surface area contributed by atoms with Crippen LogP contribution in [0.1, 0.15) is 16.7 Å². The number of fused-ring (bicyclic) bond motifs is 1. The number of hydrogen-bond acceptors (Lipinski definition) is 1. The van der Waals surface area contributed by atoms with E-state index >= 15 is 0 Å². The summed E-state index contributed by atoms with van der Waals surface area (Å²) in [7, 11) is 0. The maximum atomic E-state index is 13.1. The van der Waals surface area contributed by atoms with Gasteiger partial charge in [-0.15, -0.1) is 0 Å². The van der Waals surface area contributed by atoms with Gasteiger partial charge in [0.25, 0.3) is 5.91 Å². The number of anilines is 1. The number of benzene rings is 3. The van der Waals surface area contributed by atoms with E-state index in [1.807, 2.05) is 89.8 Å². The largest absolute Gasteiger partial charge is 0.303 e. The van der Waals surface area contributed by atoms with Crippen LogP contribution in [0.3, 0.4) is 0 Å². The first kappa shape index (κ1) is 15.7. The van der Waals surface area contributed by atoms with Crippen LogP contribution >= 0.6 is 11.6 Å². The third kappa shape index (κ3) is 3.09. The molecule has 1 aliphatic rings. The van der Waals surface area contributed by atoms with Crippen molar-refractivity contribution in [2.24, 2.45) is 0 Å². The van der Waals surface area contributed by atoms with Crippen molar-refractivity contribution in [3.05, 3.63) is 101 Å². The van der Waals surface area contributed by atoms with Gasteiger partial charge in [0, 0.05) is 16.2 Å². The molecule has 0 fully saturated rings. The predicted octanol–water partition coefficient (Wildman–Crippen LogP) is 5.43. The molecule has 3 aromatic rings. The SMILES string of the molecule is O=C1/C(=C/c2ccccc2)c2cc(Cl)ccc2N1Cc1ccccc1. The van der Waals surface area contributed by atoms with Crippen molar-refractivity contribution in [3.63, 3.8) is 0 Å². The molecule has 1 aliphatic heterocycles. The third-order valence-electron chi connectivity index (χ3n) is 4.31. The van der Waals surface area contributed by atoms with Crippen molar-refractivity contribution in [3.8, 4) is 0 Å². The number of nitrogens with zero attached hydrogens (tertiary/aromatic N) is 1. The van der Waals surface area contributed by atoms with E-state index < -0.39 is 0 Å². The lowest BCUT2D eigenvalue weighted by Gasteiger charge is -2.17. The standard InChI is InChI=1S/C22H16ClNO/c23-18-11-12-21-19(14-18)20(13-16-7-3-1-4-8-16)22(25)24(21)15-17-9-5-2-6-10-17/h1-14H,15H2/b20-13+. The summed E-state index contributed by atoms with van der Waals surface area (Å²) >= 11 is 6.19. The van der Waals surface area contributed by atoms with Crippen LogP contribution in [0.15, 0.2) is 78.9 Å². The van der Waals surface area contributed by atoms with E-state index in [1.165, 1.54) is 0 Å². The van der Waals surface area contributed by atoms with E-state index in [-0.39, 0.29) is 5.91 Å². The molecular formula is C22H16ClNO. The molecule has 1 amide bonds. The fourth-order valence-electron chi connectivity index (χ4n) is 3.11. The molecule has 0 saturated carbocycles. The van der Waals surface area contributed by atoms with Gasteiger partial charge in [0.15, 0.2) is 0 Å². The normalized spacial score (nSPS) is 14.8. The molecule has 0 saturated heterocycles. The van der Waals surface area contributed by atoms with Gasteiger partial charge in [-0.2, -0.15) is 0 Å². The highest BCUT2D eigenvalue weighted by Gasteiger charge is 2.32. The first-order valence-corrected chi connectivity index (χ1v) is 8.52. The van der Waals surface area contributed by atoms with Crippen LogP contribution < -0.4 is 4.90 Å². The van der Waals surface area contributed by atoms with E-state index in [2.05, 4.69) is 0 Å². The smallest absolute Gasteiger partial charge is 0.259 e. The van der Waals surface area contributed by atoms with Crippen LogP contribution in [0, 0.1) is 0 Å². The molecule has 1 heterocycles. The maximum Gasteiger partial charge on any atom is 0.259 e. The van der Waals surface area contributed by atoms with E-state index in [9.17, 15) is 4.79 Å². The van der Waals surface area contributed by atoms with Gasteiger partial charge in [-0.05, 0) is 35.4 Å². The average Bonchev–Trinajstić information content (AvgIpc) is 2.89. The fourth-order valence-corrected chi connectivity index (χ4v) is 3.28. The minimum absolute atomic E-state index is 0.00460. The Labute approximate surface area is 152 Å². The van der Waals surface area contributed by atoms with Crippen LogP contribution in [0.25, 0.3) is 11.6 Å². The van der Waals surface area contributed by atoms with Gasteiger partial charge in [-0.3, -0.25) is 4.79 Å². The van der Waals surface area contributed by atoms with E-state index in [1.54, 1.807) is 0 Å². The molecule has 3 heteroatoms. The molecule has 0 radical (unpaired) electrons. The summed E-state index contributed by atoms with van der Waals surface area (Å²) in [4.78, 5) is 14.9. The van der Waals surface area contributed by atoms with Crippen molar-refractivity contribution in [2.75, 3.05) is 4.90 Å². The molecule has 2 nitrogen and oxygen atoms in total. The topological polar surface area (TPSA) is 20.3 Å². The molecule has 25 heavy (non-hydrogen) atoms. The van der Waals surface area contributed by atoms with Gasteiger partial charge >= 0.3 is 0 Å². The first-order chi connectivity index (χ1) is 12.2. The molecule has 0 aliphatic carbocycles. The van der Waals surface area contributed by atoms with Crippen molar-refractivity contribution in [1.82, 2.24) is 0 Å². The molecule has 4 rings (SSSR count). The lowest BCUT2D eigenvalue weighted by molar-refractivity contribution is -0.113. The van der Waals surface area contributed by atoms with E-state index in [0.29, 0.717) is 17.1 Å². The highest BCUT2D eigenvalue weighted by atomic mass is 35.5. The Kier molecular flexibility index (Phi) is 4.12. The van der Waals surface area contributed by atoms with Crippen molar-refractivity contribution >= 4 is 34.8 Å². The molecule has 0 aromatic heterocycles. The second-order valence-corrected chi connectivity index (χ2v) is 6.44. The Morgan fingerprint density at radius 3 is 2.28 bits per heavy atom. The minimum atomic E-state index is 0.00460. The number of amides is 1. The summed E-state index contributed by atoms with van der Waals surface area (Å²) in [6.07, 6.45) is 1.93. The van der Waals surface area contributed by atoms with Gasteiger partial charge in [0.2, 0.25) is 0 Å². The number of rotatable bonds is 3. The molecule has 0 spiro atoms. The second-order valence-electron chi connectivity index (χ2n) is 6.01. The quantitative estimate of drug-likeness (QED) is 0.580. The molecule has 0 atom stereocenters. The summed E-state index contributed by atoms with van der Waals surface area (Å²) in [5.41, 5.74) is 4.56. The molecule has 0 N–H and O–H groups in total. The van der Waals surface area contributed by atoms with Crippen LogP contribution in [0.4, 0.5) is 5.69 Å². The van der Waals surface area contributed by atoms with Crippen LogP contribution in [0.5, 0.6) is 0 Å². The van der Waals surface area contributed by atoms with E-state index in [4.69, 9.17) is 11.6 Å². The predicted molar refractivity (Wildman–Crippen MR) is 103 cm³/mol. The summed E-state index contributed by atoms with van der Waals surface area (Å²) in [5, 5.41) is 0.632. The van der Waals surface area contributed by atoms with E-state index in [0.717, 1.165) is 22.4 Å². The van der Waals surface area contributed by atoms with Crippen molar-refractivity contribution in [1.29, 1.82) is 0 Å². The Morgan fingerprint density at radius 1 is 0.880 bits per heavy atom. The highest BCUT2D eigenvalue weighted by Crippen LogP contribution is 2.40. The van der Waals surface area contributed by atoms with Gasteiger partial charge in [-0.25, -0.2) is 0 Å². The molecule has 0 unspecified atom stereocenters. The summed E-state index contributed by atoms with van der Waals surface area (Å²) in [6, 6.07) is 25.5. The average molecular weight is 346 g/mol.